The number of halogens is 1. The number of benzene rings is 1. The van der Waals surface area contributed by atoms with Crippen molar-refractivity contribution in [1.82, 2.24) is 9.29 Å². The van der Waals surface area contributed by atoms with Crippen molar-refractivity contribution < 1.29 is 8.42 Å². The van der Waals surface area contributed by atoms with Crippen molar-refractivity contribution in [3.63, 3.8) is 0 Å². The van der Waals surface area contributed by atoms with Crippen LogP contribution in [0.3, 0.4) is 0 Å². The quantitative estimate of drug-likeness (QED) is 0.801. The molecule has 0 amide bonds. The minimum Gasteiger partial charge on any atom is -0.243 e. The van der Waals surface area contributed by atoms with Crippen LogP contribution in [0.2, 0.25) is 5.15 Å². The van der Waals surface area contributed by atoms with E-state index in [9.17, 15) is 8.42 Å². The summed E-state index contributed by atoms with van der Waals surface area (Å²) in [5, 5.41) is 0.0198. The first-order valence-corrected chi connectivity index (χ1v) is 8.08. The molecular formula is C14H13ClN2O2S. The molecule has 1 aromatic heterocycles. The molecule has 0 atom stereocenters. The second kappa shape index (κ2) is 5.16. The number of rotatable bonds is 2. The van der Waals surface area contributed by atoms with Crippen molar-refractivity contribution in [3.8, 4) is 0 Å². The van der Waals surface area contributed by atoms with Gasteiger partial charge in [-0.05, 0) is 29.7 Å². The first-order chi connectivity index (χ1) is 9.59. The van der Waals surface area contributed by atoms with E-state index in [-0.39, 0.29) is 10.0 Å². The third kappa shape index (κ3) is 2.32. The second-order valence-corrected chi connectivity index (χ2v) is 6.91. The van der Waals surface area contributed by atoms with Gasteiger partial charge < -0.3 is 0 Å². The Morgan fingerprint density at radius 2 is 1.85 bits per heavy atom. The fourth-order valence-electron chi connectivity index (χ4n) is 2.38. The Labute approximate surface area is 123 Å². The molecule has 0 saturated carbocycles. The van der Waals surface area contributed by atoms with Crippen molar-refractivity contribution in [3.05, 3.63) is 58.9 Å². The van der Waals surface area contributed by atoms with Gasteiger partial charge in [0.15, 0.2) is 0 Å². The molecule has 3 rings (SSSR count). The summed E-state index contributed by atoms with van der Waals surface area (Å²) in [6, 6.07) is 11.0. The lowest BCUT2D eigenvalue weighted by Gasteiger charge is -2.28. The van der Waals surface area contributed by atoms with E-state index in [0.717, 1.165) is 5.56 Å². The van der Waals surface area contributed by atoms with Gasteiger partial charge in [0, 0.05) is 19.3 Å². The summed E-state index contributed by atoms with van der Waals surface area (Å²) in [7, 11) is -3.60. The molecule has 0 spiro atoms. The molecule has 1 aromatic carbocycles. The average Bonchev–Trinajstić information content (AvgIpc) is 2.47. The predicted octanol–water partition coefficient (Wildman–Crippen LogP) is 2.48. The molecule has 104 valence electrons. The Morgan fingerprint density at radius 1 is 1.10 bits per heavy atom. The summed E-state index contributed by atoms with van der Waals surface area (Å²) in [5.41, 5.74) is 2.25. The number of pyridine rings is 1. The van der Waals surface area contributed by atoms with Crippen LogP contribution >= 0.6 is 11.6 Å². The van der Waals surface area contributed by atoms with Crippen LogP contribution in [0.5, 0.6) is 0 Å². The Morgan fingerprint density at radius 3 is 2.60 bits per heavy atom. The first-order valence-electron chi connectivity index (χ1n) is 6.26. The lowest BCUT2D eigenvalue weighted by atomic mass is 10.0. The van der Waals surface area contributed by atoms with Crippen molar-refractivity contribution in [2.24, 2.45) is 0 Å². The highest BCUT2D eigenvalue weighted by Gasteiger charge is 2.29. The second-order valence-electron chi connectivity index (χ2n) is 4.65. The van der Waals surface area contributed by atoms with Gasteiger partial charge in [-0.2, -0.15) is 4.31 Å². The molecule has 6 heteroatoms. The van der Waals surface area contributed by atoms with Gasteiger partial charge in [0.2, 0.25) is 10.0 Å². The Kier molecular flexibility index (Phi) is 3.50. The zero-order valence-corrected chi connectivity index (χ0v) is 12.2. The summed E-state index contributed by atoms with van der Waals surface area (Å²) < 4.78 is 26.7. The maximum Gasteiger partial charge on any atom is 0.246 e. The molecule has 0 N–H and O–H groups in total. The van der Waals surface area contributed by atoms with Crippen LogP contribution in [-0.4, -0.2) is 24.3 Å². The van der Waals surface area contributed by atoms with Crippen LogP contribution in [0.4, 0.5) is 0 Å². The minimum atomic E-state index is -3.60. The summed E-state index contributed by atoms with van der Waals surface area (Å²) in [6.07, 6.45) is 2.19. The molecule has 0 radical (unpaired) electrons. The molecule has 4 nitrogen and oxygen atoms in total. The summed E-state index contributed by atoms with van der Waals surface area (Å²) in [5.74, 6) is 0. The van der Waals surface area contributed by atoms with Gasteiger partial charge >= 0.3 is 0 Å². The third-order valence-corrected chi connectivity index (χ3v) is 5.73. The molecule has 0 fully saturated rings. The fraction of sp³-hybridized carbons (Fsp3) is 0.214. The molecule has 0 saturated heterocycles. The summed E-state index contributed by atoms with van der Waals surface area (Å²) >= 11 is 5.91. The number of nitrogens with zero attached hydrogens (tertiary/aromatic N) is 2. The van der Waals surface area contributed by atoms with Gasteiger partial charge in [-0.25, -0.2) is 13.4 Å². The van der Waals surface area contributed by atoms with Crippen molar-refractivity contribution in [2.45, 2.75) is 17.9 Å². The van der Waals surface area contributed by atoms with E-state index < -0.39 is 10.0 Å². The van der Waals surface area contributed by atoms with Gasteiger partial charge in [0.05, 0.1) is 0 Å². The van der Waals surface area contributed by atoms with Crippen LogP contribution in [0.25, 0.3) is 0 Å². The van der Waals surface area contributed by atoms with E-state index in [2.05, 4.69) is 4.98 Å². The lowest BCUT2D eigenvalue weighted by Crippen LogP contribution is -2.36. The number of fused-ring (bicyclic) bond motifs is 1. The lowest BCUT2D eigenvalue weighted by molar-refractivity contribution is 0.391. The van der Waals surface area contributed by atoms with E-state index in [1.807, 2.05) is 24.3 Å². The van der Waals surface area contributed by atoms with Crippen LogP contribution in [-0.2, 0) is 23.0 Å². The normalized spacial score (nSPS) is 15.8. The van der Waals surface area contributed by atoms with Crippen LogP contribution in [0, 0.1) is 0 Å². The molecule has 1 aliphatic heterocycles. The summed E-state index contributed by atoms with van der Waals surface area (Å²) in [6.45, 7) is 0.842. The van der Waals surface area contributed by atoms with Crippen molar-refractivity contribution in [2.75, 3.05) is 6.54 Å². The minimum absolute atomic E-state index is 0.0198. The first kappa shape index (κ1) is 13.5. The van der Waals surface area contributed by atoms with Gasteiger partial charge in [-0.15, -0.1) is 0 Å². The Balaban J connectivity index is 1.97. The van der Waals surface area contributed by atoms with Gasteiger partial charge in [0.1, 0.15) is 10.0 Å². The van der Waals surface area contributed by atoms with Gasteiger partial charge in [-0.3, -0.25) is 0 Å². The molecule has 0 aliphatic carbocycles. The average molecular weight is 309 g/mol. The van der Waals surface area contributed by atoms with Crippen LogP contribution in [0.1, 0.15) is 11.1 Å². The number of sulfonamides is 1. The maximum atomic E-state index is 12.6. The molecule has 1 aliphatic rings. The topological polar surface area (TPSA) is 50.3 Å². The number of aromatic nitrogens is 1. The van der Waals surface area contributed by atoms with E-state index in [4.69, 9.17) is 11.6 Å². The molecule has 2 heterocycles. The Bertz CT molecular complexity index is 746. The smallest absolute Gasteiger partial charge is 0.243 e. The zero-order valence-electron chi connectivity index (χ0n) is 10.7. The number of hydrogen-bond acceptors (Lipinski definition) is 3. The van der Waals surface area contributed by atoms with Gasteiger partial charge in [0.25, 0.3) is 0 Å². The van der Waals surface area contributed by atoms with E-state index in [1.54, 1.807) is 6.07 Å². The zero-order chi connectivity index (χ0) is 14.2. The standard InChI is InChI=1S/C14H13ClN2O2S/c15-14-13(6-3-8-16-14)20(18,19)17-9-7-11-4-1-2-5-12(11)10-17/h1-6,8H,7,9-10H2. The van der Waals surface area contributed by atoms with Crippen LogP contribution < -0.4 is 0 Å². The Hall–Kier alpha value is -1.43. The van der Waals surface area contributed by atoms with E-state index >= 15 is 0 Å². The number of hydrogen-bond donors (Lipinski definition) is 0. The fourth-order valence-corrected chi connectivity index (χ4v) is 4.22. The SMILES string of the molecule is O=S(=O)(c1cccnc1Cl)N1CCc2ccccc2C1. The van der Waals surface area contributed by atoms with Gasteiger partial charge in [-0.1, -0.05) is 35.9 Å². The monoisotopic (exact) mass is 308 g/mol. The highest BCUT2D eigenvalue weighted by atomic mass is 35.5. The molecule has 0 unspecified atom stereocenters. The van der Waals surface area contributed by atoms with E-state index in [1.165, 1.54) is 22.1 Å². The maximum absolute atomic E-state index is 12.6. The van der Waals surface area contributed by atoms with E-state index in [0.29, 0.717) is 19.5 Å². The third-order valence-electron chi connectivity index (χ3n) is 3.44. The largest absolute Gasteiger partial charge is 0.246 e. The van der Waals surface area contributed by atoms with Crippen molar-refractivity contribution >= 4 is 21.6 Å². The molecular weight excluding hydrogens is 296 g/mol. The highest BCUT2D eigenvalue weighted by Crippen LogP contribution is 2.27. The predicted molar refractivity (Wildman–Crippen MR) is 77.0 cm³/mol. The van der Waals surface area contributed by atoms with Crippen molar-refractivity contribution in [1.29, 1.82) is 0 Å². The summed E-state index contributed by atoms with van der Waals surface area (Å²) in [4.78, 5) is 3.91. The molecule has 20 heavy (non-hydrogen) atoms. The van der Waals surface area contributed by atoms with Crippen LogP contribution in [0.15, 0.2) is 47.5 Å². The highest BCUT2D eigenvalue weighted by molar-refractivity contribution is 7.89. The molecule has 2 aromatic rings. The molecule has 0 bridgehead atoms.